The highest BCUT2D eigenvalue weighted by atomic mass is 16.5. The van der Waals surface area contributed by atoms with Gasteiger partial charge in [-0.05, 0) is 38.6 Å². The van der Waals surface area contributed by atoms with Crippen molar-refractivity contribution in [1.82, 2.24) is 15.3 Å². The number of hydrogen-bond acceptors (Lipinski definition) is 3. The van der Waals surface area contributed by atoms with Gasteiger partial charge in [-0.15, -0.1) is 0 Å². The molecule has 0 bridgehead atoms. The number of hydrogen-bond donors (Lipinski definition) is 2. The van der Waals surface area contributed by atoms with Crippen molar-refractivity contribution >= 4 is 0 Å². The molecule has 2 N–H and O–H groups in total. The molecule has 3 rings (SSSR count). The Balaban J connectivity index is 1.74. The van der Waals surface area contributed by atoms with Crippen molar-refractivity contribution in [2.24, 2.45) is 0 Å². The van der Waals surface area contributed by atoms with E-state index in [0.29, 0.717) is 5.41 Å². The van der Waals surface area contributed by atoms with E-state index >= 15 is 0 Å². The third kappa shape index (κ3) is 2.08. The quantitative estimate of drug-likeness (QED) is 0.801. The number of rotatable bonds is 4. The Bertz CT molecular complexity index is 407. The lowest BCUT2D eigenvalue weighted by Crippen LogP contribution is -2.32. The van der Waals surface area contributed by atoms with Crippen molar-refractivity contribution in [2.45, 2.75) is 51.0 Å². The van der Waals surface area contributed by atoms with E-state index in [1.165, 1.54) is 24.2 Å². The van der Waals surface area contributed by atoms with Gasteiger partial charge in [0.25, 0.3) is 0 Å². The number of aromatic nitrogens is 2. The number of fused-ring (bicyclic) bond motifs is 2. The van der Waals surface area contributed by atoms with Gasteiger partial charge in [0.2, 0.25) is 0 Å². The Morgan fingerprint density at radius 2 is 2.17 bits per heavy atom. The van der Waals surface area contributed by atoms with E-state index in [0.717, 1.165) is 51.4 Å². The van der Waals surface area contributed by atoms with Crippen LogP contribution in [0.2, 0.25) is 0 Å². The van der Waals surface area contributed by atoms with Crippen molar-refractivity contribution in [3.8, 4) is 0 Å². The Morgan fingerprint density at radius 1 is 1.33 bits per heavy atom. The van der Waals surface area contributed by atoms with Crippen LogP contribution < -0.4 is 5.32 Å². The smallest absolute Gasteiger partial charge is 0.120 e. The molecule has 1 aliphatic heterocycles. The Kier molecular flexibility index (Phi) is 3.39. The Labute approximate surface area is 109 Å². The molecule has 1 aliphatic carbocycles. The highest BCUT2D eigenvalue weighted by molar-refractivity contribution is 5.31. The molecule has 4 nitrogen and oxygen atoms in total. The summed E-state index contributed by atoms with van der Waals surface area (Å²) >= 11 is 0. The third-order valence-electron chi connectivity index (χ3n) is 4.35. The van der Waals surface area contributed by atoms with Gasteiger partial charge < -0.3 is 15.0 Å². The minimum absolute atomic E-state index is 0.326. The zero-order valence-corrected chi connectivity index (χ0v) is 11.2. The highest BCUT2D eigenvalue weighted by Gasteiger charge is 2.42. The van der Waals surface area contributed by atoms with Crippen LogP contribution in [0, 0.1) is 0 Å². The second-order valence-corrected chi connectivity index (χ2v) is 5.58. The summed E-state index contributed by atoms with van der Waals surface area (Å²) in [5.41, 5.74) is 3.05. The molecule has 18 heavy (non-hydrogen) atoms. The fourth-order valence-electron chi connectivity index (χ4n) is 3.28. The van der Waals surface area contributed by atoms with Crippen molar-refractivity contribution in [2.75, 3.05) is 19.8 Å². The molecule has 1 aromatic rings. The zero-order chi connectivity index (χ0) is 12.4. The van der Waals surface area contributed by atoms with Gasteiger partial charge in [0.05, 0.1) is 12.2 Å². The molecule has 0 aromatic carbocycles. The van der Waals surface area contributed by atoms with Crippen molar-refractivity contribution in [3.63, 3.8) is 0 Å². The first-order valence-electron chi connectivity index (χ1n) is 7.21. The minimum atomic E-state index is 0.326. The molecular weight excluding hydrogens is 226 g/mol. The van der Waals surface area contributed by atoms with Crippen LogP contribution in [0.1, 0.15) is 49.8 Å². The molecule has 0 amide bonds. The fourth-order valence-corrected chi connectivity index (χ4v) is 3.28. The maximum Gasteiger partial charge on any atom is 0.120 e. The molecule has 100 valence electrons. The predicted octanol–water partition coefficient (Wildman–Crippen LogP) is 1.90. The summed E-state index contributed by atoms with van der Waals surface area (Å²) in [5, 5.41) is 3.41. The number of aryl methyl sites for hydroxylation is 1. The van der Waals surface area contributed by atoms with Gasteiger partial charge in [-0.25, -0.2) is 4.98 Å². The summed E-state index contributed by atoms with van der Waals surface area (Å²) in [6.45, 7) is 5.91. The van der Waals surface area contributed by atoms with Crippen molar-refractivity contribution in [1.29, 1.82) is 0 Å². The van der Waals surface area contributed by atoms with Gasteiger partial charge in [-0.2, -0.15) is 0 Å². The normalized spacial score (nSPS) is 21.4. The molecule has 2 aliphatic rings. The summed E-state index contributed by atoms with van der Waals surface area (Å²) in [6, 6.07) is 0. The number of ether oxygens (including phenoxy) is 1. The van der Waals surface area contributed by atoms with Gasteiger partial charge in [0, 0.05) is 24.3 Å². The second kappa shape index (κ2) is 5.02. The number of nitrogens with one attached hydrogen (secondary N) is 2. The molecular formula is C14H23N3O. The lowest BCUT2D eigenvalue weighted by Gasteiger charge is -2.32. The molecule has 0 saturated carbocycles. The lowest BCUT2D eigenvalue weighted by molar-refractivity contribution is 0.0493. The molecule has 2 heterocycles. The summed E-state index contributed by atoms with van der Waals surface area (Å²) in [5.74, 6) is 1.11. The van der Waals surface area contributed by atoms with E-state index in [1.807, 2.05) is 0 Å². The standard InChI is InChI=1S/C14H23N3O/c1-2-7-15-10-12-16-11-3-4-14(13(11)17-12)5-8-18-9-6-14/h15H,2-10H2,1H3,(H,16,17). The Morgan fingerprint density at radius 3 is 2.94 bits per heavy atom. The molecule has 4 heteroatoms. The van der Waals surface area contributed by atoms with E-state index in [-0.39, 0.29) is 0 Å². The average molecular weight is 249 g/mol. The average Bonchev–Trinajstić information content (AvgIpc) is 2.93. The first-order valence-corrected chi connectivity index (χ1v) is 7.21. The van der Waals surface area contributed by atoms with Crippen LogP contribution in [0.15, 0.2) is 0 Å². The first kappa shape index (κ1) is 12.2. The second-order valence-electron chi connectivity index (χ2n) is 5.58. The molecule has 0 unspecified atom stereocenters. The zero-order valence-electron chi connectivity index (χ0n) is 11.2. The maximum absolute atomic E-state index is 5.51. The van der Waals surface area contributed by atoms with Crippen molar-refractivity contribution < 1.29 is 4.74 Å². The van der Waals surface area contributed by atoms with Crippen LogP contribution in [0.5, 0.6) is 0 Å². The number of H-pyrrole nitrogens is 1. The summed E-state index contributed by atoms with van der Waals surface area (Å²) in [7, 11) is 0. The van der Waals surface area contributed by atoms with Crippen LogP contribution in [-0.4, -0.2) is 29.7 Å². The number of nitrogens with zero attached hydrogens (tertiary/aromatic N) is 1. The fraction of sp³-hybridized carbons (Fsp3) is 0.786. The topological polar surface area (TPSA) is 49.9 Å². The summed E-state index contributed by atoms with van der Waals surface area (Å²) in [4.78, 5) is 8.38. The molecule has 1 aromatic heterocycles. The molecule has 1 saturated heterocycles. The number of imidazole rings is 1. The minimum Gasteiger partial charge on any atom is -0.381 e. The predicted molar refractivity (Wildman–Crippen MR) is 70.6 cm³/mol. The summed E-state index contributed by atoms with van der Waals surface area (Å²) < 4.78 is 5.51. The number of aromatic amines is 1. The molecule has 1 fully saturated rings. The maximum atomic E-state index is 5.51. The SMILES string of the molecule is CCCNCc1nc2c([nH]1)CCC21CCOCC1. The highest BCUT2D eigenvalue weighted by Crippen LogP contribution is 2.44. The van der Waals surface area contributed by atoms with Gasteiger partial charge in [0.1, 0.15) is 5.82 Å². The van der Waals surface area contributed by atoms with Crippen molar-refractivity contribution in [3.05, 3.63) is 17.2 Å². The largest absolute Gasteiger partial charge is 0.381 e. The monoisotopic (exact) mass is 249 g/mol. The molecule has 1 spiro atoms. The van der Waals surface area contributed by atoms with Crippen LogP contribution in [0.4, 0.5) is 0 Å². The third-order valence-corrected chi connectivity index (χ3v) is 4.35. The lowest BCUT2D eigenvalue weighted by atomic mass is 9.78. The van der Waals surface area contributed by atoms with Gasteiger partial charge in [-0.3, -0.25) is 0 Å². The van der Waals surface area contributed by atoms with Gasteiger partial charge in [-0.1, -0.05) is 6.92 Å². The van der Waals surface area contributed by atoms with Crippen LogP contribution in [0.25, 0.3) is 0 Å². The molecule has 0 radical (unpaired) electrons. The van der Waals surface area contributed by atoms with Crippen LogP contribution >= 0.6 is 0 Å². The first-order chi connectivity index (χ1) is 8.84. The van der Waals surface area contributed by atoms with E-state index in [1.54, 1.807) is 0 Å². The van der Waals surface area contributed by atoms with E-state index in [9.17, 15) is 0 Å². The van der Waals surface area contributed by atoms with E-state index in [4.69, 9.17) is 9.72 Å². The summed E-state index contributed by atoms with van der Waals surface area (Å²) in [6.07, 6.45) is 5.88. The van der Waals surface area contributed by atoms with E-state index < -0.39 is 0 Å². The van der Waals surface area contributed by atoms with Crippen LogP contribution in [0.3, 0.4) is 0 Å². The van der Waals surface area contributed by atoms with Gasteiger partial charge >= 0.3 is 0 Å². The van der Waals surface area contributed by atoms with Crippen LogP contribution in [-0.2, 0) is 23.1 Å². The Hall–Kier alpha value is -0.870. The van der Waals surface area contributed by atoms with Gasteiger partial charge in [0.15, 0.2) is 0 Å². The molecule has 0 atom stereocenters. The van der Waals surface area contributed by atoms with E-state index in [2.05, 4.69) is 17.2 Å².